The van der Waals surface area contributed by atoms with Crippen LogP contribution in [0.4, 0.5) is 0 Å². The van der Waals surface area contributed by atoms with Gasteiger partial charge in [-0.2, -0.15) is 0 Å². The van der Waals surface area contributed by atoms with E-state index < -0.39 is 0 Å². The fourth-order valence-corrected chi connectivity index (χ4v) is 3.84. The minimum atomic E-state index is 0.512. The molecule has 0 spiro atoms. The highest BCUT2D eigenvalue weighted by molar-refractivity contribution is 7.12. The van der Waals surface area contributed by atoms with Crippen LogP contribution in [0.15, 0.2) is 12.1 Å². The van der Waals surface area contributed by atoms with Crippen molar-refractivity contribution in [3.63, 3.8) is 0 Å². The van der Waals surface area contributed by atoms with Gasteiger partial charge in [0.1, 0.15) is 0 Å². The zero-order valence-corrected chi connectivity index (χ0v) is 12.2. The van der Waals surface area contributed by atoms with E-state index >= 15 is 0 Å². The third-order valence-electron chi connectivity index (χ3n) is 4.39. The Kier molecular flexibility index (Phi) is 4.26. The summed E-state index contributed by atoms with van der Waals surface area (Å²) in [5, 5.41) is 3.76. The Bertz CT molecular complexity index is 350. The molecule has 1 aliphatic carbocycles. The molecular weight excluding hydrogens is 226 g/mol. The Balaban J connectivity index is 1.89. The largest absolute Gasteiger partial charge is 0.309 e. The van der Waals surface area contributed by atoms with Crippen molar-refractivity contribution in [1.29, 1.82) is 0 Å². The molecule has 1 aromatic rings. The van der Waals surface area contributed by atoms with E-state index in [2.05, 4.69) is 38.2 Å². The van der Waals surface area contributed by atoms with Crippen molar-refractivity contribution >= 4 is 11.3 Å². The van der Waals surface area contributed by atoms with Crippen LogP contribution in [0, 0.1) is 12.3 Å². The Labute approximate surface area is 110 Å². The maximum absolute atomic E-state index is 3.76. The summed E-state index contributed by atoms with van der Waals surface area (Å²) in [6, 6.07) is 5.01. The van der Waals surface area contributed by atoms with E-state index in [-0.39, 0.29) is 0 Å². The Hall–Kier alpha value is -0.340. The molecule has 1 aliphatic rings. The van der Waals surface area contributed by atoms with E-state index in [9.17, 15) is 0 Å². The highest BCUT2D eigenvalue weighted by Gasteiger charge is 2.31. The molecule has 0 radical (unpaired) electrons. The molecule has 1 heterocycles. The molecule has 1 nitrogen and oxygen atoms in total. The van der Waals surface area contributed by atoms with Gasteiger partial charge in [-0.1, -0.05) is 19.8 Å². The molecule has 1 aromatic heterocycles. The average molecular weight is 251 g/mol. The lowest BCUT2D eigenvalue weighted by Gasteiger charge is -2.29. The lowest BCUT2D eigenvalue weighted by Crippen LogP contribution is -2.33. The lowest BCUT2D eigenvalue weighted by molar-refractivity contribution is 0.259. The molecule has 96 valence electrons. The smallest absolute Gasteiger partial charge is 0.0386 e. The van der Waals surface area contributed by atoms with Crippen LogP contribution in [-0.4, -0.2) is 6.54 Å². The van der Waals surface area contributed by atoms with Gasteiger partial charge in [0.15, 0.2) is 0 Å². The molecule has 1 N–H and O–H groups in total. The van der Waals surface area contributed by atoms with Gasteiger partial charge in [-0.25, -0.2) is 0 Å². The normalized spacial score (nSPS) is 20.6. The standard InChI is InChI=1S/C15H25NS/c1-4-15(9-5-6-10-15)11-16-13(3)14-8-7-12(2)17-14/h7-8,13,16H,4-6,9-11H2,1-3H3. The molecule has 0 amide bonds. The molecule has 2 heteroatoms. The van der Waals surface area contributed by atoms with Crippen LogP contribution in [0.25, 0.3) is 0 Å². The highest BCUT2D eigenvalue weighted by atomic mass is 32.1. The number of hydrogen-bond donors (Lipinski definition) is 1. The predicted octanol–water partition coefficient (Wildman–Crippen LogP) is 4.68. The van der Waals surface area contributed by atoms with Crippen LogP contribution < -0.4 is 5.32 Å². The third kappa shape index (κ3) is 3.11. The first-order chi connectivity index (χ1) is 8.15. The van der Waals surface area contributed by atoms with Crippen molar-refractivity contribution in [2.24, 2.45) is 5.41 Å². The summed E-state index contributed by atoms with van der Waals surface area (Å²) >= 11 is 1.92. The van der Waals surface area contributed by atoms with Gasteiger partial charge in [0, 0.05) is 22.3 Å². The Morgan fingerprint density at radius 1 is 1.35 bits per heavy atom. The summed E-state index contributed by atoms with van der Waals surface area (Å²) in [6.45, 7) is 8.03. The van der Waals surface area contributed by atoms with Crippen LogP contribution in [0.3, 0.4) is 0 Å². The van der Waals surface area contributed by atoms with Crippen LogP contribution >= 0.6 is 11.3 Å². The molecule has 1 unspecified atom stereocenters. The van der Waals surface area contributed by atoms with E-state index in [0.29, 0.717) is 11.5 Å². The molecular formula is C15H25NS. The van der Waals surface area contributed by atoms with Gasteiger partial charge in [0.05, 0.1) is 0 Å². The SMILES string of the molecule is CCC1(CNC(C)c2ccc(C)s2)CCCC1. The highest BCUT2D eigenvalue weighted by Crippen LogP contribution is 2.40. The summed E-state index contributed by atoms with van der Waals surface area (Å²) < 4.78 is 0. The monoisotopic (exact) mass is 251 g/mol. The summed E-state index contributed by atoms with van der Waals surface area (Å²) in [5.74, 6) is 0. The molecule has 0 saturated heterocycles. The lowest BCUT2D eigenvalue weighted by atomic mass is 9.83. The second kappa shape index (κ2) is 5.53. The molecule has 1 fully saturated rings. The predicted molar refractivity (Wildman–Crippen MR) is 76.7 cm³/mol. The van der Waals surface area contributed by atoms with Crippen molar-refractivity contribution in [2.45, 2.75) is 58.9 Å². The maximum Gasteiger partial charge on any atom is 0.0386 e. The number of aryl methyl sites for hydroxylation is 1. The average Bonchev–Trinajstić information content (AvgIpc) is 2.95. The maximum atomic E-state index is 3.76. The molecule has 17 heavy (non-hydrogen) atoms. The first-order valence-electron chi connectivity index (χ1n) is 6.95. The van der Waals surface area contributed by atoms with Gasteiger partial charge in [0.25, 0.3) is 0 Å². The Morgan fingerprint density at radius 2 is 2.06 bits per heavy atom. The number of nitrogens with one attached hydrogen (secondary N) is 1. The molecule has 1 atom stereocenters. The van der Waals surface area contributed by atoms with Gasteiger partial charge >= 0.3 is 0 Å². The fourth-order valence-electron chi connectivity index (χ4n) is 2.94. The summed E-state index contributed by atoms with van der Waals surface area (Å²) in [5.41, 5.74) is 0.598. The fraction of sp³-hybridized carbons (Fsp3) is 0.733. The summed E-state index contributed by atoms with van der Waals surface area (Å²) in [7, 11) is 0. The summed E-state index contributed by atoms with van der Waals surface area (Å²) in [4.78, 5) is 2.89. The van der Waals surface area contributed by atoms with E-state index in [1.165, 1.54) is 48.4 Å². The topological polar surface area (TPSA) is 12.0 Å². The van der Waals surface area contributed by atoms with E-state index in [1.54, 1.807) is 0 Å². The van der Waals surface area contributed by atoms with Gasteiger partial charge in [-0.05, 0) is 50.7 Å². The molecule has 1 saturated carbocycles. The number of rotatable bonds is 5. The van der Waals surface area contributed by atoms with Gasteiger partial charge < -0.3 is 5.32 Å². The Morgan fingerprint density at radius 3 is 2.59 bits per heavy atom. The van der Waals surface area contributed by atoms with Crippen molar-refractivity contribution in [3.8, 4) is 0 Å². The van der Waals surface area contributed by atoms with E-state index in [4.69, 9.17) is 0 Å². The molecule has 2 rings (SSSR count). The molecule has 0 aliphatic heterocycles. The van der Waals surface area contributed by atoms with Crippen molar-refractivity contribution in [1.82, 2.24) is 5.32 Å². The van der Waals surface area contributed by atoms with E-state index in [0.717, 1.165) is 0 Å². The quantitative estimate of drug-likeness (QED) is 0.801. The second-order valence-corrected chi connectivity index (χ2v) is 6.93. The van der Waals surface area contributed by atoms with E-state index in [1.807, 2.05) is 11.3 Å². The van der Waals surface area contributed by atoms with Gasteiger partial charge in [0.2, 0.25) is 0 Å². The second-order valence-electron chi connectivity index (χ2n) is 5.61. The van der Waals surface area contributed by atoms with Crippen LogP contribution in [0.1, 0.15) is 61.7 Å². The van der Waals surface area contributed by atoms with Crippen LogP contribution in [-0.2, 0) is 0 Å². The van der Waals surface area contributed by atoms with Crippen molar-refractivity contribution < 1.29 is 0 Å². The molecule has 0 aromatic carbocycles. The zero-order valence-electron chi connectivity index (χ0n) is 11.4. The van der Waals surface area contributed by atoms with Crippen molar-refractivity contribution in [3.05, 3.63) is 21.9 Å². The number of thiophene rings is 1. The van der Waals surface area contributed by atoms with Crippen LogP contribution in [0.5, 0.6) is 0 Å². The summed E-state index contributed by atoms with van der Waals surface area (Å²) in [6.07, 6.45) is 7.04. The van der Waals surface area contributed by atoms with Crippen molar-refractivity contribution in [2.75, 3.05) is 6.54 Å². The minimum Gasteiger partial charge on any atom is -0.309 e. The van der Waals surface area contributed by atoms with Gasteiger partial charge in [-0.15, -0.1) is 11.3 Å². The minimum absolute atomic E-state index is 0.512. The van der Waals surface area contributed by atoms with Gasteiger partial charge in [-0.3, -0.25) is 0 Å². The molecule has 0 bridgehead atoms. The number of hydrogen-bond acceptors (Lipinski definition) is 2. The third-order valence-corrected chi connectivity index (χ3v) is 5.57. The first-order valence-corrected chi connectivity index (χ1v) is 7.77. The first kappa shape index (κ1) is 13.1. The zero-order chi connectivity index (χ0) is 12.3. The van der Waals surface area contributed by atoms with Crippen LogP contribution in [0.2, 0.25) is 0 Å².